The molecule has 1 fully saturated rings. The number of carbonyl (C=O) groups is 2. The number of carboxylic acid groups (broad SMARTS) is 1. The van der Waals surface area contributed by atoms with Gasteiger partial charge in [-0.15, -0.1) is 0 Å². The van der Waals surface area contributed by atoms with Gasteiger partial charge in [0.2, 0.25) is 0 Å². The van der Waals surface area contributed by atoms with E-state index >= 15 is 0 Å². The van der Waals surface area contributed by atoms with E-state index < -0.39 is 16.8 Å². The number of nitrogens with zero attached hydrogens (tertiary/aromatic N) is 2. The number of nitrogens with one attached hydrogen (secondary N) is 2. The van der Waals surface area contributed by atoms with Crippen molar-refractivity contribution >= 4 is 46.3 Å². The molecule has 0 unspecified atom stereocenters. The zero-order valence-corrected chi connectivity index (χ0v) is 17.6. The maximum absolute atomic E-state index is 12.6. The topological polar surface area (TPSA) is 125 Å². The second-order valence-corrected chi connectivity index (χ2v) is 7.83. The zero-order valence-electron chi connectivity index (χ0n) is 16.8. The van der Waals surface area contributed by atoms with Crippen LogP contribution >= 0.6 is 12.2 Å². The van der Waals surface area contributed by atoms with Gasteiger partial charge in [0.05, 0.1) is 10.5 Å². The number of anilines is 2. The number of aromatic carboxylic acids is 1. The summed E-state index contributed by atoms with van der Waals surface area (Å²) >= 11 is 5.11. The van der Waals surface area contributed by atoms with Gasteiger partial charge in [0, 0.05) is 30.4 Å². The quantitative estimate of drug-likeness (QED) is 0.364. The van der Waals surface area contributed by atoms with Crippen LogP contribution in [0.2, 0.25) is 0 Å². The summed E-state index contributed by atoms with van der Waals surface area (Å²) in [5.41, 5.74) is 0.933. The second kappa shape index (κ2) is 9.52. The maximum Gasteiger partial charge on any atom is 0.335 e. The standard InChI is InChI=1S/C21H22N4O5S/c1-13-7-9-24(10-8-13)17-6-5-14(12-18(17)25(29)30)19(26)23-21(31)22-16-4-2-3-15(11-16)20(27)28/h2-6,11-13H,7-10H2,1H3,(H,27,28)(H2,22,23,26,31). The van der Waals surface area contributed by atoms with E-state index in [4.69, 9.17) is 17.3 Å². The molecule has 0 radical (unpaired) electrons. The summed E-state index contributed by atoms with van der Waals surface area (Å²) < 4.78 is 0. The molecule has 0 aromatic heterocycles. The molecule has 10 heteroatoms. The van der Waals surface area contributed by atoms with Gasteiger partial charge in [-0.25, -0.2) is 4.79 Å². The molecule has 0 saturated carbocycles. The fourth-order valence-corrected chi connectivity index (χ4v) is 3.61. The number of hydrogen-bond donors (Lipinski definition) is 3. The largest absolute Gasteiger partial charge is 0.478 e. The summed E-state index contributed by atoms with van der Waals surface area (Å²) in [6.45, 7) is 3.63. The molecule has 0 bridgehead atoms. The SMILES string of the molecule is CC1CCN(c2ccc(C(=O)NC(=S)Nc3cccc(C(=O)O)c3)cc2[N+](=O)[O-])CC1. The minimum Gasteiger partial charge on any atom is -0.478 e. The number of amides is 1. The van der Waals surface area contributed by atoms with E-state index in [0.29, 0.717) is 17.3 Å². The highest BCUT2D eigenvalue weighted by Gasteiger charge is 2.25. The first-order valence-corrected chi connectivity index (χ1v) is 10.1. The van der Waals surface area contributed by atoms with Crippen LogP contribution in [0.1, 0.15) is 40.5 Å². The number of rotatable bonds is 5. The lowest BCUT2D eigenvalue weighted by Gasteiger charge is -2.31. The normalized spacial score (nSPS) is 14.0. The lowest BCUT2D eigenvalue weighted by molar-refractivity contribution is -0.384. The van der Waals surface area contributed by atoms with Crippen molar-refractivity contribution < 1.29 is 19.6 Å². The van der Waals surface area contributed by atoms with E-state index in [9.17, 15) is 19.7 Å². The second-order valence-electron chi connectivity index (χ2n) is 7.42. The van der Waals surface area contributed by atoms with Crippen molar-refractivity contribution in [3.05, 3.63) is 63.7 Å². The van der Waals surface area contributed by atoms with Gasteiger partial charge in [-0.1, -0.05) is 13.0 Å². The molecule has 1 saturated heterocycles. The average molecular weight is 442 g/mol. The molecule has 3 N–H and O–H groups in total. The van der Waals surface area contributed by atoms with Gasteiger partial charge in [-0.2, -0.15) is 0 Å². The van der Waals surface area contributed by atoms with E-state index in [0.717, 1.165) is 25.9 Å². The Morgan fingerprint density at radius 1 is 1.16 bits per heavy atom. The molecule has 9 nitrogen and oxygen atoms in total. The Labute approximate surface area is 184 Å². The summed E-state index contributed by atoms with van der Waals surface area (Å²) in [5, 5.41) is 25.8. The van der Waals surface area contributed by atoms with Crippen LogP contribution in [0.15, 0.2) is 42.5 Å². The van der Waals surface area contributed by atoms with Gasteiger partial charge in [-0.3, -0.25) is 20.2 Å². The van der Waals surface area contributed by atoms with Crippen molar-refractivity contribution in [2.24, 2.45) is 5.92 Å². The van der Waals surface area contributed by atoms with E-state index in [1.807, 2.05) is 4.90 Å². The van der Waals surface area contributed by atoms with Crippen LogP contribution in [0, 0.1) is 16.0 Å². The molecule has 1 amide bonds. The van der Waals surface area contributed by atoms with Crippen LogP contribution in [0.5, 0.6) is 0 Å². The van der Waals surface area contributed by atoms with Crippen molar-refractivity contribution in [1.82, 2.24) is 5.32 Å². The van der Waals surface area contributed by atoms with Crippen LogP contribution in [0.25, 0.3) is 0 Å². The molecule has 1 heterocycles. The number of benzene rings is 2. The van der Waals surface area contributed by atoms with E-state index in [1.165, 1.54) is 24.3 Å². The summed E-state index contributed by atoms with van der Waals surface area (Å²) in [6.07, 6.45) is 1.92. The molecule has 0 atom stereocenters. The zero-order chi connectivity index (χ0) is 22.5. The smallest absolute Gasteiger partial charge is 0.335 e. The first-order valence-electron chi connectivity index (χ1n) is 9.73. The molecule has 2 aromatic carbocycles. The Morgan fingerprint density at radius 2 is 1.87 bits per heavy atom. The lowest BCUT2D eigenvalue weighted by atomic mass is 9.98. The predicted molar refractivity (Wildman–Crippen MR) is 121 cm³/mol. The fraction of sp³-hybridized carbons (Fsp3) is 0.286. The molecule has 0 spiro atoms. The maximum atomic E-state index is 12.6. The number of nitro benzene ring substituents is 1. The highest BCUT2D eigenvalue weighted by molar-refractivity contribution is 7.80. The van der Waals surface area contributed by atoms with Gasteiger partial charge >= 0.3 is 5.97 Å². The molecule has 1 aliphatic rings. The number of thiocarbonyl (C=S) groups is 1. The number of nitro groups is 1. The van der Waals surface area contributed by atoms with Crippen molar-refractivity contribution in [2.75, 3.05) is 23.3 Å². The highest BCUT2D eigenvalue weighted by Crippen LogP contribution is 2.32. The van der Waals surface area contributed by atoms with E-state index in [1.54, 1.807) is 18.2 Å². The van der Waals surface area contributed by atoms with Crippen molar-refractivity contribution in [1.29, 1.82) is 0 Å². The molecule has 162 valence electrons. The Bertz CT molecular complexity index is 1030. The minimum atomic E-state index is -1.09. The molecule has 0 aliphatic carbocycles. The molecule has 1 aliphatic heterocycles. The predicted octanol–water partition coefficient (Wildman–Crippen LogP) is 3.66. The fourth-order valence-electron chi connectivity index (χ4n) is 3.40. The van der Waals surface area contributed by atoms with E-state index in [2.05, 4.69) is 17.6 Å². The van der Waals surface area contributed by atoms with Crippen LogP contribution in [-0.4, -0.2) is 40.1 Å². The monoisotopic (exact) mass is 442 g/mol. The number of carboxylic acids is 1. The van der Waals surface area contributed by atoms with Gasteiger partial charge in [0.25, 0.3) is 11.6 Å². The Hall–Kier alpha value is -3.53. The third kappa shape index (κ3) is 5.54. The van der Waals surface area contributed by atoms with Gasteiger partial charge in [0.15, 0.2) is 5.11 Å². The first-order chi connectivity index (χ1) is 14.7. The van der Waals surface area contributed by atoms with E-state index in [-0.39, 0.29) is 21.9 Å². The van der Waals surface area contributed by atoms with Crippen molar-refractivity contribution in [3.8, 4) is 0 Å². The third-order valence-corrected chi connectivity index (χ3v) is 5.36. The minimum absolute atomic E-state index is 0.0516. The van der Waals surface area contributed by atoms with Crippen LogP contribution in [0.4, 0.5) is 17.1 Å². The third-order valence-electron chi connectivity index (χ3n) is 5.15. The van der Waals surface area contributed by atoms with Crippen molar-refractivity contribution in [2.45, 2.75) is 19.8 Å². The van der Waals surface area contributed by atoms with Gasteiger partial charge in [-0.05, 0) is 61.3 Å². The number of piperidine rings is 1. The Kier molecular flexibility index (Phi) is 6.81. The van der Waals surface area contributed by atoms with Gasteiger partial charge < -0.3 is 15.3 Å². The lowest BCUT2D eigenvalue weighted by Crippen LogP contribution is -2.35. The van der Waals surface area contributed by atoms with Crippen molar-refractivity contribution in [3.63, 3.8) is 0 Å². The number of hydrogen-bond acceptors (Lipinski definition) is 6. The van der Waals surface area contributed by atoms with Crippen LogP contribution in [-0.2, 0) is 0 Å². The molecule has 2 aromatic rings. The van der Waals surface area contributed by atoms with Gasteiger partial charge in [0.1, 0.15) is 5.69 Å². The average Bonchev–Trinajstić information content (AvgIpc) is 2.74. The van der Waals surface area contributed by atoms with Crippen LogP contribution < -0.4 is 15.5 Å². The summed E-state index contributed by atoms with van der Waals surface area (Å²) in [4.78, 5) is 36.7. The molecule has 31 heavy (non-hydrogen) atoms. The molecular weight excluding hydrogens is 420 g/mol. The summed E-state index contributed by atoms with van der Waals surface area (Å²) in [5.74, 6) is -1.10. The Balaban J connectivity index is 1.72. The summed E-state index contributed by atoms with van der Waals surface area (Å²) in [7, 11) is 0. The van der Waals surface area contributed by atoms with Crippen LogP contribution in [0.3, 0.4) is 0 Å². The summed E-state index contributed by atoms with van der Waals surface area (Å²) in [6, 6.07) is 10.3. The molecule has 3 rings (SSSR count). The molecular formula is C21H22N4O5S. The number of carbonyl (C=O) groups excluding carboxylic acids is 1. The highest BCUT2D eigenvalue weighted by atomic mass is 32.1. The Morgan fingerprint density at radius 3 is 2.52 bits per heavy atom. The first kappa shape index (κ1) is 22.2.